The number of carbonyl (C=O) groups excluding carboxylic acids is 1. The highest BCUT2D eigenvalue weighted by atomic mass is 32.2. The molecule has 8 heteroatoms. The maximum Gasteiger partial charge on any atom is 0.345 e. The third kappa shape index (κ3) is 4.01. The zero-order valence-electron chi connectivity index (χ0n) is 19.2. The van der Waals surface area contributed by atoms with Gasteiger partial charge in [0.1, 0.15) is 12.0 Å². The van der Waals surface area contributed by atoms with Crippen LogP contribution in [-0.4, -0.2) is 32.3 Å². The molecule has 0 spiro atoms. The van der Waals surface area contributed by atoms with E-state index in [0.717, 1.165) is 27.1 Å². The Morgan fingerprint density at radius 2 is 1.53 bits per heavy atom. The Kier molecular flexibility index (Phi) is 5.37. The summed E-state index contributed by atoms with van der Waals surface area (Å²) in [7, 11) is -4.43. The van der Waals surface area contributed by atoms with E-state index in [-0.39, 0.29) is 28.4 Å². The summed E-state index contributed by atoms with van der Waals surface area (Å²) < 4.78 is 11.7. The van der Waals surface area contributed by atoms with E-state index in [1.165, 1.54) is 16.7 Å². The van der Waals surface area contributed by atoms with E-state index in [1.807, 2.05) is 30.3 Å². The van der Waals surface area contributed by atoms with Crippen molar-refractivity contribution in [1.29, 1.82) is 0 Å². The van der Waals surface area contributed by atoms with Crippen LogP contribution in [0.15, 0.2) is 35.2 Å². The molecule has 0 radical (unpaired) electrons. The van der Waals surface area contributed by atoms with Gasteiger partial charge in [0.05, 0.1) is 10.9 Å². The van der Waals surface area contributed by atoms with Crippen LogP contribution in [0.2, 0.25) is 0 Å². The second kappa shape index (κ2) is 7.36. The number of aromatic hydroxyl groups is 1. The lowest BCUT2D eigenvalue weighted by molar-refractivity contribution is -0.118. The predicted octanol–water partition coefficient (Wildman–Crippen LogP) is 5.08. The number of anilines is 1. The molecule has 3 N–H and O–H groups in total. The topological polar surface area (TPSA) is 98.1 Å². The lowest BCUT2D eigenvalue weighted by Crippen LogP contribution is -2.42. The van der Waals surface area contributed by atoms with Crippen LogP contribution in [0.1, 0.15) is 69.7 Å². The van der Waals surface area contributed by atoms with Crippen molar-refractivity contribution in [3.8, 4) is 5.75 Å². The second-order valence-corrected chi connectivity index (χ2v) is 13.6. The number of benzene rings is 2. The van der Waals surface area contributed by atoms with Gasteiger partial charge in [-0.05, 0) is 45.2 Å². The van der Waals surface area contributed by atoms with Gasteiger partial charge in [0.2, 0.25) is 5.91 Å². The smallest absolute Gasteiger partial charge is 0.345 e. The van der Waals surface area contributed by atoms with E-state index in [9.17, 15) is 24.3 Å². The number of carbonyl (C=O) groups is 1. The lowest BCUT2D eigenvalue weighted by atomic mass is 9.76. The molecular formula is C24H30NO5PS. The summed E-state index contributed by atoms with van der Waals surface area (Å²) in [6, 6.07) is 9.79. The summed E-state index contributed by atoms with van der Waals surface area (Å²) >= 11 is 1.45. The van der Waals surface area contributed by atoms with Crippen LogP contribution in [0.25, 0.3) is 0 Å². The molecule has 4 aliphatic heterocycles. The summed E-state index contributed by atoms with van der Waals surface area (Å²) in [5.74, 6) is -0.297. The number of hydrogen-bond acceptors (Lipinski definition) is 4. The molecule has 172 valence electrons. The number of fused-ring (bicyclic) bond motifs is 2. The molecule has 4 aliphatic rings. The van der Waals surface area contributed by atoms with Crippen LogP contribution in [0.4, 0.5) is 5.69 Å². The van der Waals surface area contributed by atoms with Gasteiger partial charge in [0, 0.05) is 10.8 Å². The number of rotatable bonds is 3. The quantitative estimate of drug-likeness (QED) is 0.536. The molecule has 1 amide bonds. The zero-order chi connectivity index (χ0) is 23.8. The summed E-state index contributed by atoms with van der Waals surface area (Å²) in [6.45, 7) is 12.3. The van der Waals surface area contributed by atoms with Gasteiger partial charge in [-0.25, -0.2) is 0 Å². The van der Waals surface area contributed by atoms with Crippen molar-refractivity contribution in [3.05, 3.63) is 52.6 Å². The molecule has 4 bridgehead atoms. The van der Waals surface area contributed by atoms with Crippen molar-refractivity contribution in [2.75, 3.05) is 11.2 Å². The third-order valence-electron chi connectivity index (χ3n) is 6.13. The molecule has 2 aromatic rings. The van der Waals surface area contributed by atoms with Crippen LogP contribution in [0.5, 0.6) is 5.75 Å². The number of nitrogens with zero attached hydrogens (tertiary/aromatic N) is 1. The lowest BCUT2D eigenvalue weighted by Gasteiger charge is -2.34. The molecule has 0 saturated heterocycles. The fourth-order valence-corrected chi connectivity index (χ4v) is 6.61. The molecule has 0 aliphatic carbocycles. The number of hydrogen-bond donors (Lipinski definition) is 3. The normalized spacial score (nSPS) is 20.8. The van der Waals surface area contributed by atoms with Crippen molar-refractivity contribution >= 4 is 31.0 Å². The van der Waals surface area contributed by atoms with Gasteiger partial charge < -0.3 is 14.9 Å². The zero-order valence-corrected chi connectivity index (χ0v) is 20.9. The van der Waals surface area contributed by atoms with E-state index in [2.05, 4.69) is 41.5 Å². The first-order valence-corrected chi connectivity index (χ1v) is 13.3. The van der Waals surface area contributed by atoms with E-state index < -0.39 is 19.1 Å². The van der Waals surface area contributed by atoms with Crippen LogP contribution >= 0.6 is 19.4 Å². The third-order valence-corrected chi connectivity index (χ3v) is 8.11. The second-order valence-electron chi connectivity index (χ2n) is 10.8. The van der Waals surface area contributed by atoms with Gasteiger partial charge in [-0.15, -0.1) is 11.8 Å². The maximum atomic E-state index is 13.4. The number of phenolic OH excluding ortho intramolecular Hbond substituents is 1. The Bertz CT molecular complexity index is 1120. The van der Waals surface area contributed by atoms with Crippen molar-refractivity contribution in [1.82, 2.24) is 0 Å². The minimum Gasteiger partial charge on any atom is -0.507 e. The van der Waals surface area contributed by atoms with E-state index in [4.69, 9.17) is 0 Å². The minimum atomic E-state index is -4.43. The number of thioether (sulfide) groups is 1. The minimum absolute atomic E-state index is 0.284. The number of amides is 1. The monoisotopic (exact) mass is 475 g/mol. The van der Waals surface area contributed by atoms with Crippen molar-refractivity contribution < 1.29 is 24.3 Å². The Balaban J connectivity index is 1.92. The Morgan fingerprint density at radius 1 is 0.969 bits per heavy atom. The Labute approximate surface area is 193 Å². The maximum absolute atomic E-state index is 13.4. The molecule has 2 unspecified atom stereocenters. The van der Waals surface area contributed by atoms with Gasteiger partial charge >= 0.3 is 7.60 Å². The van der Waals surface area contributed by atoms with Crippen LogP contribution in [-0.2, 0) is 20.2 Å². The number of phenols is 1. The van der Waals surface area contributed by atoms with E-state index >= 15 is 0 Å². The first-order valence-electron chi connectivity index (χ1n) is 10.6. The summed E-state index contributed by atoms with van der Waals surface area (Å²) in [5, 5.41) is 10.6. The van der Waals surface area contributed by atoms with E-state index in [0.29, 0.717) is 5.69 Å². The molecule has 32 heavy (non-hydrogen) atoms. The van der Waals surface area contributed by atoms with Crippen molar-refractivity contribution in [2.24, 2.45) is 0 Å². The molecule has 2 aromatic carbocycles. The highest BCUT2D eigenvalue weighted by Gasteiger charge is 2.45. The van der Waals surface area contributed by atoms with Crippen LogP contribution in [0.3, 0.4) is 0 Å². The Hall–Kier alpha value is -1.79. The average molecular weight is 476 g/mol. The SMILES string of the molecule is CC(C)(C)c1cc(C2c3ccc4c(c3)N(CP(=O)(O)O)C(=O)C2S4)cc(C(C)(C)C)c1O. The molecule has 2 atom stereocenters. The Morgan fingerprint density at radius 3 is 2.03 bits per heavy atom. The largest absolute Gasteiger partial charge is 0.507 e. The summed E-state index contributed by atoms with van der Waals surface area (Å²) in [5.41, 5.74) is 3.46. The van der Waals surface area contributed by atoms with Gasteiger partial charge in [-0.1, -0.05) is 59.7 Å². The fraction of sp³-hybridized carbons (Fsp3) is 0.458. The summed E-state index contributed by atoms with van der Waals surface area (Å²) in [6.07, 6.45) is -0.623. The molecule has 4 heterocycles. The van der Waals surface area contributed by atoms with Crippen LogP contribution in [0, 0.1) is 0 Å². The van der Waals surface area contributed by atoms with Crippen LogP contribution < -0.4 is 4.90 Å². The van der Waals surface area contributed by atoms with Gasteiger partial charge in [-0.3, -0.25) is 14.3 Å². The van der Waals surface area contributed by atoms with Gasteiger partial charge in [-0.2, -0.15) is 0 Å². The van der Waals surface area contributed by atoms with E-state index in [1.54, 1.807) is 0 Å². The predicted molar refractivity (Wildman–Crippen MR) is 128 cm³/mol. The molecular weight excluding hydrogens is 445 g/mol. The standard InChI is InChI=1S/C24H30NO5PS/c1-23(2,3)15-9-14(10-16(20(15)26)24(4,5)6)19-13-7-8-18-17(11-13)25(12-31(28,29)30)22(27)21(19)32-18/h7-11,19,21,26H,12H2,1-6H3,(H2,28,29,30). The molecule has 0 fully saturated rings. The molecule has 6 nitrogen and oxygen atoms in total. The van der Waals surface area contributed by atoms with Crippen molar-refractivity contribution in [3.63, 3.8) is 0 Å². The fourth-order valence-electron chi connectivity index (χ4n) is 4.56. The highest BCUT2D eigenvalue weighted by Crippen LogP contribution is 2.54. The van der Waals surface area contributed by atoms with Gasteiger partial charge in [0.15, 0.2) is 0 Å². The molecule has 0 aromatic heterocycles. The molecule has 0 saturated carbocycles. The highest BCUT2D eigenvalue weighted by molar-refractivity contribution is 8.01. The first-order chi connectivity index (χ1) is 14.6. The first kappa shape index (κ1) is 23.4. The van der Waals surface area contributed by atoms with Gasteiger partial charge in [0.25, 0.3) is 0 Å². The average Bonchev–Trinajstić information content (AvgIpc) is 2.94. The van der Waals surface area contributed by atoms with Crippen molar-refractivity contribution in [2.45, 2.75) is 68.4 Å². The molecule has 6 rings (SSSR count). The summed E-state index contributed by atoms with van der Waals surface area (Å²) in [4.78, 5) is 34.7.